The van der Waals surface area contributed by atoms with Crippen LogP contribution in [0.1, 0.15) is 22.9 Å². The smallest absolute Gasteiger partial charge is 0.0486 e. The number of nitrogens with zero attached hydrogens (tertiary/aromatic N) is 3. The number of hydrogen-bond donors (Lipinski definition) is 1. The fourth-order valence-electron chi connectivity index (χ4n) is 2.13. The van der Waals surface area contributed by atoms with Crippen LogP contribution in [0.3, 0.4) is 0 Å². The Labute approximate surface area is 114 Å². The van der Waals surface area contributed by atoms with Crippen molar-refractivity contribution in [1.82, 2.24) is 14.9 Å². The van der Waals surface area contributed by atoms with Gasteiger partial charge in [0.1, 0.15) is 0 Å². The average Bonchev–Trinajstić information content (AvgIpc) is 2.43. The van der Waals surface area contributed by atoms with Gasteiger partial charge in [0.05, 0.1) is 0 Å². The lowest BCUT2D eigenvalue weighted by atomic mass is 10.1. The van der Waals surface area contributed by atoms with Crippen molar-refractivity contribution in [2.75, 3.05) is 13.6 Å². The first-order valence-corrected chi connectivity index (χ1v) is 6.42. The molecule has 1 atom stereocenters. The molecular formula is C15H20N4. The van der Waals surface area contributed by atoms with Gasteiger partial charge >= 0.3 is 0 Å². The normalized spacial score (nSPS) is 12.6. The monoisotopic (exact) mass is 256 g/mol. The molecule has 0 aliphatic rings. The van der Waals surface area contributed by atoms with E-state index in [0.717, 1.165) is 17.8 Å². The van der Waals surface area contributed by atoms with E-state index in [0.29, 0.717) is 6.54 Å². The second-order valence-electron chi connectivity index (χ2n) is 4.75. The molecule has 0 saturated carbocycles. The highest BCUT2D eigenvalue weighted by Crippen LogP contribution is 2.19. The molecule has 4 heteroatoms. The highest BCUT2D eigenvalue weighted by Gasteiger charge is 2.15. The minimum Gasteiger partial charge on any atom is -0.329 e. The largest absolute Gasteiger partial charge is 0.329 e. The fourth-order valence-corrected chi connectivity index (χ4v) is 2.13. The number of pyridine rings is 2. The highest BCUT2D eigenvalue weighted by atomic mass is 15.1. The summed E-state index contributed by atoms with van der Waals surface area (Å²) in [5.74, 6) is 0. The van der Waals surface area contributed by atoms with Crippen LogP contribution in [-0.2, 0) is 6.54 Å². The van der Waals surface area contributed by atoms with Gasteiger partial charge < -0.3 is 5.73 Å². The molecule has 2 aromatic heterocycles. The minimum absolute atomic E-state index is 0.182. The van der Waals surface area contributed by atoms with Crippen molar-refractivity contribution in [2.45, 2.75) is 19.5 Å². The van der Waals surface area contributed by atoms with Crippen LogP contribution < -0.4 is 5.73 Å². The molecule has 0 bridgehead atoms. The lowest BCUT2D eigenvalue weighted by molar-refractivity contribution is 0.241. The first-order valence-electron chi connectivity index (χ1n) is 6.42. The van der Waals surface area contributed by atoms with Gasteiger partial charge in [-0.25, -0.2) is 0 Å². The first kappa shape index (κ1) is 13.6. The molecular weight excluding hydrogens is 236 g/mol. The van der Waals surface area contributed by atoms with E-state index >= 15 is 0 Å². The van der Waals surface area contributed by atoms with Gasteiger partial charge in [-0.05, 0) is 43.3 Å². The van der Waals surface area contributed by atoms with Crippen molar-refractivity contribution in [1.29, 1.82) is 0 Å². The third-order valence-corrected chi connectivity index (χ3v) is 3.26. The summed E-state index contributed by atoms with van der Waals surface area (Å²) in [6.07, 6.45) is 5.54. The zero-order valence-electron chi connectivity index (χ0n) is 11.5. The Morgan fingerprint density at radius 1 is 1.21 bits per heavy atom. The van der Waals surface area contributed by atoms with Gasteiger partial charge in [0.2, 0.25) is 0 Å². The number of aryl methyl sites for hydroxylation is 1. The van der Waals surface area contributed by atoms with E-state index in [1.165, 1.54) is 5.56 Å². The number of hydrogen-bond acceptors (Lipinski definition) is 4. The summed E-state index contributed by atoms with van der Waals surface area (Å²) in [6, 6.07) is 8.36. The molecule has 100 valence electrons. The molecule has 2 heterocycles. The van der Waals surface area contributed by atoms with Gasteiger partial charge in [0.15, 0.2) is 0 Å². The van der Waals surface area contributed by atoms with Crippen LogP contribution in [0.4, 0.5) is 0 Å². The maximum Gasteiger partial charge on any atom is 0.0486 e. The molecule has 4 nitrogen and oxygen atoms in total. The Morgan fingerprint density at radius 3 is 2.53 bits per heavy atom. The van der Waals surface area contributed by atoms with Crippen molar-refractivity contribution < 1.29 is 0 Å². The Morgan fingerprint density at radius 2 is 1.95 bits per heavy atom. The standard InChI is InChI=1S/C15H20N4/c1-12-3-4-14(10-18-12)15(9-16)19(2)11-13-5-7-17-8-6-13/h3-8,10,15H,9,11,16H2,1-2H3. The van der Waals surface area contributed by atoms with Crippen molar-refractivity contribution in [3.63, 3.8) is 0 Å². The van der Waals surface area contributed by atoms with Crippen LogP contribution in [0, 0.1) is 6.92 Å². The van der Waals surface area contributed by atoms with Gasteiger partial charge in [0, 0.05) is 43.4 Å². The molecule has 2 aromatic rings. The lowest BCUT2D eigenvalue weighted by Gasteiger charge is -2.27. The summed E-state index contributed by atoms with van der Waals surface area (Å²) in [5.41, 5.74) is 9.33. The van der Waals surface area contributed by atoms with Gasteiger partial charge in [-0.2, -0.15) is 0 Å². The Balaban J connectivity index is 2.11. The van der Waals surface area contributed by atoms with Crippen molar-refractivity contribution in [3.05, 3.63) is 59.7 Å². The Kier molecular flexibility index (Phi) is 4.60. The molecule has 2 N–H and O–H groups in total. The van der Waals surface area contributed by atoms with Crippen LogP contribution in [0.15, 0.2) is 42.9 Å². The number of aromatic nitrogens is 2. The third kappa shape index (κ3) is 3.59. The molecule has 0 amide bonds. The molecule has 0 aliphatic carbocycles. The van der Waals surface area contributed by atoms with E-state index < -0.39 is 0 Å². The van der Waals surface area contributed by atoms with E-state index in [9.17, 15) is 0 Å². The molecule has 0 aliphatic heterocycles. The summed E-state index contributed by atoms with van der Waals surface area (Å²) in [6.45, 7) is 3.41. The zero-order chi connectivity index (χ0) is 13.7. The predicted octanol–water partition coefficient (Wildman–Crippen LogP) is 1.92. The molecule has 2 rings (SSSR count). The van der Waals surface area contributed by atoms with Crippen LogP contribution in [-0.4, -0.2) is 28.5 Å². The quantitative estimate of drug-likeness (QED) is 0.888. The first-order chi connectivity index (χ1) is 9.20. The lowest BCUT2D eigenvalue weighted by Crippen LogP contribution is -2.30. The van der Waals surface area contributed by atoms with Crippen LogP contribution in [0.25, 0.3) is 0 Å². The van der Waals surface area contributed by atoms with E-state index in [-0.39, 0.29) is 6.04 Å². The van der Waals surface area contributed by atoms with Gasteiger partial charge in [-0.3, -0.25) is 14.9 Å². The van der Waals surface area contributed by atoms with Gasteiger partial charge in [0.25, 0.3) is 0 Å². The summed E-state index contributed by atoms with van der Waals surface area (Å²) in [4.78, 5) is 10.6. The van der Waals surface area contributed by atoms with E-state index in [1.54, 1.807) is 0 Å². The SMILES string of the molecule is Cc1ccc(C(CN)N(C)Cc2ccncc2)cn1. The number of rotatable bonds is 5. The van der Waals surface area contributed by atoms with E-state index in [2.05, 4.69) is 28.0 Å². The van der Waals surface area contributed by atoms with E-state index in [4.69, 9.17) is 5.73 Å². The molecule has 0 saturated heterocycles. The molecule has 0 radical (unpaired) electrons. The molecule has 0 spiro atoms. The second-order valence-corrected chi connectivity index (χ2v) is 4.75. The van der Waals surface area contributed by atoms with Crippen molar-refractivity contribution in [2.24, 2.45) is 5.73 Å². The third-order valence-electron chi connectivity index (χ3n) is 3.26. The fraction of sp³-hybridized carbons (Fsp3) is 0.333. The second kappa shape index (κ2) is 6.41. The maximum atomic E-state index is 5.92. The number of nitrogens with two attached hydrogens (primary N) is 1. The molecule has 0 fully saturated rings. The number of likely N-dealkylation sites (N-methyl/N-ethyl adjacent to an activating group) is 1. The van der Waals surface area contributed by atoms with Gasteiger partial charge in [-0.1, -0.05) is 6.07 Å². The minimum atomic E-state index is 0.182. The van der Waals surface area contributed by atoms with Crippen LogP contribution >= 0.6 is 0 Å². The van der Waals surface area contributed by atoms with Crippen molar-refractivity contribution >= 4 is 0 Å². The molecule has 19 heavy (non-hydrogen) atoms. The summed E-state index contributed by atoms with van der Waals surface area (Å²) in [7, 11) is 2.08. The average molecular weight is 256 g/mol. The zero-order valence-corrected chi connectivity index (χ0v) is 11.5. The highest BCUT2D eigenvalue weighted by molar-refractivity contribution is 5.18. The summed E-state index contributed by atoms with van der Waals surface area (Å²) >= 11 is 0. The summed E-state index contributed by atoms with van der Waals surface area (Å²) < 4.78 is 0. The maximum absolute atomic E-state index is 5.92. The topological polar surface area (TPSA) is 55.0 Å². The molecule has 1 unspecified atom stereocenters. The van der Waals surface area contributed by atoms with Crippen molar-refractivity contribution in [3.8, 4) is 0 Å². The predicted molar refractivity (Wildman–Crippen MR) is 76.5 cm³/mol. The molecule has 0 aromatic carbocycles. The van der Waals surface area contributed by atoms with Crippen LogP contribution in [0.5, 0.6) is 0 Å². The van der Waals surface area contributed by atoms with E-state index in [1.807, 2.05) is 43.7 Å². The van der Waals surface area contributed by atoms with Crippen LogP contribution in [0.2, 0.25) is 0 Å². The Hall–Kier alpha value is -1.78. The van der Waals surface area contributed by atoms with Gasteiger partial charge in [-0.15, -0.1) is 0 Å². The Bertz CT molecular complexity index is 495. The summed E-state index contributed by atoms with van der Waals surface area (Å²) in [5, 5.41) is 0.